The standard InChI is InChI=1S/C21H16ClN3O/c22-16-10-12-17(13-11-16)23-24-20-18-8-4-5-9-19(18)25(21(20)26)14-15-6-2-1-3-7-15/h1-13,26H,14H2. The third-order valence-electron chi connectivity index (χ3n) is 4.19. The summed E-state index contributed by atoms with van der Waals surface area (Å²) >= 11 is 5.90. The fourth-order valence-corrected chi connectivity index (χ4v) is 3.04. The van der Waals surface area contributed by atoms with Gasteiger partial charge in [-0.3, -0.25) is 0 Å². The van der Waals surface area contributed by atoms with Crippen molar-refractivity contribution < 1.29 is 5.11 Å². The lowest BCUT2D eigenvalue weighted by atomic mass is 10.2. The van der Waals surface area contributed by atoms with Gasteiger partial charge in [0.2, 0.25) is 5.88 Å². The minimum Gasteiger partial charge on any atom is -0.493 e. The molecular weight excluding hydrogens is 346 g/mol. The van der Waals surface area contributed by atoms with Crippen LogP contribution in [0.5, 0.6) is 5.88 Å². The lowest BCUT2D eigenvalue weighted by Gasteiger charge is -2.06. The van der Waals surface area contributed by atoms with Gasteiger partial charge in [0, 0.05) is 10.4 Å². The zero-order valence-corrected chi connectivity index (χ0v) is 14.6. The molecule has 0 saturated heterocycles. The largest absolute Gasteiger partial charge is 0.493 e. The smallest absolute Gasteiger partial charge is 0.221 e. The number of halogens is 1. The van der Waals surface area contributed by atoms with E-state index >= 15 is 0 Å². The van der Waals surface area contributed by atoms with Gasteiger partial charge in [0.25, 0.3) is 0 Å². The van der Waals surface area contributed by atoms with E-state index in [2.05, 4.69) is 10.2 Å². The van der Waals surface area contributed by atoms with Gasteiger partial charge in [0.15, 0.2) is 5.69 Å². The summed E-state index contributed by atoms with van der Waals surface area (Å²) in [4.78, 5) is 0. The molecule has 0 unspecified atom stereocenters. The lowest BCUT2D eigenvalue weighted by molar-refractivity contribution is 0.429. The predicted molar refractivity (Wildman–Crippen MR) is 105 cm³/mol. The Morgan fingerprint density at radius 3 is 2.27 bits per heavy atom. The van der Waals surface area contributed by atoms with Gasteiger partial charge >= 0.3 is 0 Å². The molecule has 1 heterocycles. The summed E-state index contributed by atoms with van der Waals surface area (Å²) in [5, 5.41) is 20.8. The zero-order chi connectivity index (χ0) is 17.9. The van der Waals surface area contributed by atoms with Crippen molar-refractivity contribution in [2.75, 3.05) is 0 Å². The highest BCUT2D eigenvalue weighted by Crippen LogP contribution is 2.39. The van der Waals surface area contributed by atoms with Gasteiger partial charge in [-0.25, -0.2) is 0 Å². The second kappa shape index (κ2) is 7.02. The SMILES string of the molecule is Oc1c(N=Nc2ccc(Cl)cc2)c2ccccc2n1Cc1ccccc1. The van der Waals surface area contributed by atoms with Crippen LogP contribution in [-0.2, 0) is 6.54 Å². The van der Waals surface area contributed by atoms with Gasteiger partial charge in [-0.05, 0) is 35.9 Å². The zero-order valence-electron chi connectivity index (χ0n) is 13.9. The molecule has 0 aliphatic carbocycles. The third-order valence-corrected chi connectivity index (χ3v) is 4.45. The predicted octanol–water partition coefficient (Wildman–Crippen LogP) is 6.46. The van der Waals surface area contributed by atoms with Gasteiger partial charge in [-0.1, -0.05) is 60.1 Å². The maximum Gasteiger partial charge on any atom is 0.221 e. The third kappa shape index (κ3) is 3.19. The van der Waals surface area contributed by atoms with Gasteiger partial charge in [-0.2, -0.15) is 5.11 Å². The number of hydrogen-bond acceptors (Lipinski definition) is 3. The minimum absolute atomic E-state index is 0.104. The fourth-order valence-electron chi connectivity index (χ4n) is 2.91. The quantitative estimate of drug-likeness (QED) is 0.416. The van der Waals surface area contributed by atoms with E-state index < -0.39 is 0 Å². The van der Waals surface area contributed by atoms with Gasteiger partial charge in [0.1, 0.15) is 0 Å². The van der Waals surface area contributed by atoms with Crippen LogP contribution in [0.25, 0.3) is 10.9 Å². The normalized spacial score (nSPS) is 11.4. The molecule has 0 aliphatic heterocycles. The van der Waals surface area contributed by atoms with Crippen molar-refractivity contribution in [1.29, 1.82) is 0 Å². The highest BCUT2D eigenvalue weighted by molar-refractivity contribution is 6.30. The van der Waals surface area contributed by atoms with E-state index in [9.17, 15) is 5.11 Å². The van der Waals surface area contributed by atoms with Crippen LogP contribution < -0.4 is 0 Å². The van der Waals surface area contributed by atoms with Crippen LogP contribution in [0.1, 0.15) is 5.56 Å². The van der Waals surface area contributed by atoms with Gasteiger partial charge in [-0.15, -0.1) is 5.11 Å². The molecule has 0 atom stereocenters. The van der Waals surface area contributed by atoms with Crippen molar-refractivity contribution in [1.82, 2.24) is 4.57 Å². The van der Waals surface area contributed by atoms with Crippen molar-refractivity contribution in [2.24, 2.45) is 10.2 Å². The number of azo groups is 1. The molecule has 5 heteroatoms. The Kier molecular flexibility index (Phi) is 4.42. The van der Waals surface area contributed by atoms with E-state index in [0.717, 1.165) is 16.5 Å². The van der Waals surface area contributed by atoms with E-state index in [1.165, 1.54) is 0 Å². The fraction of sp³-hybridized carbons (Fsp3) is 0.0476. The van der Waals surface area contributed by atoms with Crippen molar-refractivity contribution in [3.05, 3.63) is 89.4 Å². The molecule has 0 fully saturated rings. The molecule has 4 aromatic rings. The lowest BCUT2D eigenvalue weighted by Crippen LogP contribution is -1.98. The Balaban J connectivity index is 1.77. The Bertz CT molecular complexity index is 1070. The molecule has 4 nitrogen and oxygen atoms in total. The van der Waals surface area contributed by atoms with Crippen LogP contribution >= 0.6 is 11.6 Å². The molecule has 26 heavy (non-hydrogen) atoms. The summed E-state index contributed by atoms with van der Waals surface area (Å²) < 4.78 is 1.85. The van der Waals surface area contributed by atoms with Crippen LogP contribution in [0.3, 0.4) is 0 Å². The number of hydrogen-bond donors (Lipinski definition) is 1. The Morgan fingerprint density at radius 2 is 1.50 bits per heavy atom. The van der Waals surface area contributed by atoms with Crippen molar-refractivity contribution in [2.45, 2.75) is 6.54 Å². The molecule has 1 aromatic heterocycles. The minimum atomic E-state index is 0.104. The van der Waals surface area contributed by atoms with Crippen molar-refractivity contribution >= 4 is 33.9 Å². The van der Waals surface area contributed by atoms with Gasteiger partial charge < -0.3 is 9.67 Å². The van der Waals surface area contributed by atoms with Crippen LogP contribution in [0.15, 0.2) is 89.1 Å². The molecule has 3 aromatic carbocycles. The van der Waals surface area contributed by atoms with Crippen LogP contribution in [0.2, 0.25) is 5.02 Å². The Hall–Kier alpha value is -3.11. The number of aromatic nitrogens is 1. The van der Waals surface area contributed by atoms with E-state index in [4.69, 9.17) is 11.6 Å². The van der Waals surface area contributed by atoms with Gasteiger partial charge in [0.05, 0.1) is 17.7 Å². The summed E-state index contributed by atoms with van der Waals surface area (Å²) in [5.74, 6) is 0.104. The Morgan fingerprint density at radius 1 is 0.808 bits per heavy atom. The molecule has 1 N–H and O–H groups in total. The molecule has 128 valence electrons. The second-order valence-electron chi connectivity index (χ2n) is 5.94. The summed E-state index contributed by atoms with van der Waals surface area (Å²) in [6.07, 6.45) is 0. The molecule has 0 bridgehead atoms. The molecule has 0 aliphatic rings. The first-order chi connectivity index (χ1) is 12.7. The second-order valence-corrected chi connectivity index (χ2v) is 6.37. The van der Waals surface area contributed by atoms with Crippen molar-refractivity contribution in [3.8, 4) is 5.88 Å². The first kappa shape index (κ1) is 16.4. The van der Waals surface area contributed by atoms with Crippen LogP contribution in [0, 0.1) is 0 Å². The van der Waals surface area contributed by atoms with E-state index in [0.29, 0.717) is 22.9 Å². The van der Waals surface area contributed by atoms with Crippen LogP contribution in [0.4, 0.5) is 11.4 Å². The monoisotopic (exact) mass is 361 g/mol. The van der Waals surface area contributed by atoms with E-state index in [1.54, 1.807) is 24.3 Å². The number of benzene rings is 3. The molecule has 0 radical (unpaired) electrons. The summed E-state index contributed by atoms with van der Waals surface area (Å²) in [5.41, 5.74) is 3.16. The summed E-state index contributed by atoms with van der Waals surface area (Å²) in [6, 6.07) is 24.9. The maximum absolute atomic E-state index is 10.8. The number of fused-ring (bicyclic) bond motifs is 1. The summed E-state index contributed by atoms with van der Waals surface area (Å²) in [6.45, 7) is 0.559. The van der Waals surface area contributed by atoms with Crippen LogP contribution in [-0.4, -0.2) is 9.67 Å². The Labute approximate surface area is 156 Å². The average molecular weight is 362 g/mol. The first-order valence-electron chi connectivity index (χ1n) is 8.24. The molecular formula is C21H16ClN3O. The molecule has 0 spiro atoms. The summed E-state index contributed by atoms with van der Waals surface area (Å²) in [7, 11) is 0. The number of rotatable bonds is 4. The van der Waals surface area contributed by atoms with E-state index in [-0.39, 0.29) is 5.88 Å². The molecule has 4 rings (SSSR count). The number of para-hydroxylation sites is 1. The number of nitrogens with zero attached hydrogens (tertiary/aromatic N) is 3. The average Bonchev–Trinajstić information content (AvgIpc) is 2.94. The van der Waals surface area contributed by atoms with Crippen molar-refractivity contribution in [3.63, 3.8) is 0 Å². The molecule has 0 saturated carbocycles. The first-order valence-corrected chi connectivity index (χ1v) is 8.61. The topological polar surface area (TPSA) is 49.9 Å². The highest BCUT2D eigenvalue weighted by Gasteiger charge is 2.16. The maximum atomic E-state index is 10.8. The molecule has 0 amide bonds. The van der Waals surface area contributed by atoms with E-state index in [1.807, 2.05) is 59.2 Å². The number of aromatic hydroxyl groups is 1. The highest BCUT2D eigenvalue weighted by atomic mass is 35.5.